The van der Waals surface area contributed by atoms with Gasteiger partial charge in [-0.2, -0.15) is 5.10 Å². The molecule has 0 atom stereocenters. The van der Waals surface area contributed by atoms with Crippen molar-refractivity contribution in [2.24, 2.45) is 10.9 Å². The first-order chi connectivity index (χ1) is 18.4. The quantitative estimate of drug-likeness (QED) is 0.215. The summed E-state index contributed by atoms with van der Waals surface area (Å²) in [6.45, 7) is 11.2. The molecule has 0 unspecified atom stereocenters. The van der Waals surface area contributed by atoms with Crippen LogP contribution in [-0.2, 0) is 0 Å². The van der Waals surface area contributed by atoms with Crippen molar-refractivity contribution in [2.75, 3.05) is 6.54 Å². The second kappa shape index (κ2) is 9.87. The van der Waals surface area contributed by atoms with E-state index < -0.39 is 0 Å². The van der Waals surface area contributed by atoms with E-state index in [1.807, 2.05) is 30.7 Å². The number of fused-ring (bicyclic) bond motifs is 2. The minimum atomic E-state index is 0.530. The van der Waals surface area contributed by atoms with Gasteiger partial charge in [-0.15, -0.1) is 11.3 Å². The molecular formula is C30H29N7S. The average molecular weight is 520 g/mol. The summed E-state index contributed by atoms with van der Waals surface area (Å²) in [5.41, 5.74) is 9.23. The third-order valence-corrected chi connectivity index (χ3v) is 7.48. The fraction of sp³-hybridized carbons (Fsp3) is 0.200. The van der Waals surface area contributed by atoms with Crippen LogP contribution in [0.3, 0.4) is 0 Å². The predicted molar refractivity (Wildman–Crippen MR) is 158 cm³/mol. The maximum atomic E-state index is 5.05. The van der Waals surface area contributed by atoms with Gasteiger partial charge in [0.2, 0.25) is 0 Å². The number of nitrogens with zero attached hydrogens (tertiary/aromatic N) is 4. The molecule has 38 heavy (non-hydrogen) atoms. The molecule has 0 aromatic carbocycles. The Kier molecular flexibility index (Phi) is 6.25. The Morgan fingerprint density at radius 3 is 2.87 bits per heavy atom. The minimum Gasteiger partial charge on any atom is -0.358 e. The van der Waals surface area contributed by atoms with Crippen LogP contribution in [0.5, 0.6) is 0 Å². The SMILES string of the molecule is C=C(CC(C)C)NC1=CC(c2ccc3[nH]nc(-c4cc5c(-c6ccc(C)s6)cncc5[nH]4)c3n2)=CCN=C1. The van der Waals surface area contributed by atoms with E-state index >= 15 is 0 Å². The number of H-pyrrole nitrogens is 2. The smallest absolute Gasteiger partial charge is 0.135 e. The van der Waals surface area contributed by atoms with Gasteiger partial charge in [0, 0.05) is 44.4 Å². The molecule has 0 aliphatic carbocycles. The number of allylic oxidation sites excluding steroid dienone is 4. The lowest BCUT2D eigenvalue weighted by molar-refractivity contribution is 0.623. The zero-order chi connectivity index (χ0) is 26.2. The van der Waals surface area contributed by atoms with Crippen LogP contribution in [0.2, 0.25) is 0 Å². The van der Waals surface area contributed by atoms with E-state index in [1.54, 1.807) is 11.3 Å². The summed E-state index contributed by atoms with van der Waals surface area (Å²) in [6.07, 6.45) is 10.7. The predicted octanol–water partition coefficient (Wildman–Crippen LogP) is 7.04. The summed E-state index contributed by atoms with van der Waals surface area (Å²) in [4.78, 5) is 20.0. The Balaban J connectivity index is 1.37. The zero-order valence-electron chi connectivity index (χ0n) is 21.7. The summed E-state index contributed by atoms with van der Waals surface area (Å²) >= 11 is 1.77. The molecule has 1 aliphatic rings. The van der Waals surface area contributed by atoms with Crippen LogP contribution < -0.4 is 5.32 Å². The molecule has 6 rings (SSSR count). The average Bonchev–Trinajstić information content (AvgIpc) is 3.58. The molecule has 7 nitrogen and oxygen atoms in total. The van der Waals surface area contributed by atoms with E-state index in [1.165, 1.54) is 9.75 Å². The van der Waals surface area contributed by atoms with Gasteiger partial charge in [-0.3, -0.25) is 15.1 Å². The first-order valence-electron chi connectivity index (χ1n) is 12.7. The van der Waals surface area contributed by atoms with Crippen molar-refractivity contribution in [3.8, 4) is 21.8 Å². The zero-order valence-corrected chi connectivity index (χ0v) is 22.5. The molecule has 3 N–H and O–H groups in total. The van der Waals surface area contributed by atoms with E-state index in [4.69, 9.17) is 4.98 Å². The summed E-state index contributed by atoms with van der Waals surface area (Å²) in [5, 5.41) is 12.3. The molecular weight excluding hydrogens is 490 g/mol. The second-order valence-electron chi connectivity index (χ2n) is 9.99. The topological polar surface area (TPSA) is 94.6 Å². The number of aromatic nitrogens is 5. The number of aryl methyl sites for hydroxylation is 1. The molecule has 6 heterocycles. The number of pyridine rings is 2. The van der Waals surface area contributed by atoms with E-state index in [2.05, 4.69) is 88.2 Å². The van der Waals surface area contributed by atoms with Gasteiger partial charge in [0.1, 0.15) is 11.2 Å². The number of hydrogen-bond acceptors (Lipinski definition) is 6. The first kappa shape index (κ1) is 24.1. The fourth-order valence-corrected chi connectivity index (χ4v) is 5.65. The normalized spacial score (nSPS) is 13.7. The molecule has 190 valence electrons. The van der Waals surface area contributed by atoms with Crippen molar-refractivity contribution in [3.63, 3.8) is 0 Å². The number of thiophene rings is 1. The Bertz CT molecular complexity index is 1760. The Labute approximate surface area is 225 Å². The van der Waals surface area contributed by atoms with Crippen molar-refractivity contribution >= 4 is 45.1 Å². The molecule has 0 saturated carbocycles. The third-order valence-electron chi connectivity index (χ3n) is 6.44. The molecule has 0 radical (unpaired) electrons. The van der Waals surface area contributed by atoms with Gasteiger partial charge >= 0.3 is 0 Å². The van der Waals surface area contributed by atoms with Crippen LogP contribution in [0.4, 0.5) is 0 Å². The largest absolute Gasteiger partial charge is 0.358 e. The van der Waals surface area contributed by atoms with Crippen LogP contribution in [0.1, 0.15) is 30.8 Å². The van der Waals surface area contributed by atoms with Gasteiger partial charge in [0.25, 0.3) is 0 Å². The van der Waals surface area contributed by atoms with Crippen molar-refractivity contribution < 1.29 is 0 Å². The third kappa shape index (κ3) is 4.70. The van der Waals surface area contributed by atoms with Crippen LogP contribution in [0.25, 0.3) is 49.3 Å². The number of aliphatic imine (C=N–C) groups is 1. The Hall–Kier alpha value is -4.30. The maximum Gasteiger partial charge on any atom is 0.135 e. The molecule has 5 aromatic rings. The van der Waals surface area contributed by atoms with E-state index in [0.717, 1.165) is 68.0 Å². The molecule has 0 bridgehead atoms. The molecule has 8 heteroatoms. The van der Waals surface area contributed by atoms with Crippen LogP contribution >= 0.6 is 11.3 Å². The van der Waals surface area contributed by atoms with Crippen molar-refractivity contribution in [2.45, 2.75) is 27.2 Å². The number of rotatable bonds is 7. The highest BCUT2D eigenvalue weighted by Gasteiger charge is 2.17. The van der Waals surface area contributed by atoms with E-state index in [-0.39, 0.29) is 0 Å². The highest BCUT2D eigenvalue weighted by Crippen LogP contribution is 2.36. The summed E-state index contributed by atoms with van der Waals surface area (Å²) in [5.74, 6) is 0.530. The second-order valence-corrected chi connectivity index (χ2v) is 11.3. The van der Waals surface area contributed by atoms with Gasteiger partial charge < -0.3 is 10.3 Å². The summed E-state index contributed by atoms with van der Waals surface area (Å²) < 4.78 is 0. The monoisotopic (exact) mass is 519 g/mol. The summed E-state index contributed by atoms with van der Waals surface area (Å²) in [6, 6.07) is 10.5. The van der Waals surface area contributed by atoms with Gasteiger partial charge in [0.05, 0.1) is 40.9 Å². The standard InChI is InChI=1S/C30H29N7S/c1-17(2)11-18(3)33-21-12-20(9-10-31-14-21)24-6-7-25-29(35-24)30(37-36-25)26-13-22-23(15-32-16-27(22)34-26)28-8-5-19(4)38-28/h5-9,12-17,33-34H,3,10-11H2,1-2,4H3,(H,36,37). The van der Waals surface area contributed by atoms with Crippen LogP contribution in [0, 0.1) is 12.8 Å². The maximum absolute atomic E-state index is 5.05. The molecule has 0 spiro atoms. The van der Waals surface area contributed by atoms with Gasteiger partial charge in [-0.1, -0.05) is 26.5 Å². The lowest BCUT2D eigenvalue weighted by Crippen LogP contribution is -2.14. The van der Waals surface area contributed by atoms with Gasteiger partial charge in [0.15, 0.2) is 0 Å². The molecule has 5 aromatic heterocycles. The molecule has 0 fully saturated rings. The van der Waals surface area contributed by atoms with Crippen molar-refractivity contribution in [1.82, 2.24) is 30.5 Å². The number of aromatic amines is 2. The highest BCUT2D eigenvalue weighted by molar-refractivity contribution is 7.15. The highest BCUT2D eigenvalue weighted by atomic mass is 32.1. The van der Waals surface area contributed by atoms with Crippen LogP contribution in [-0.4, -0.2) is 37.9 Å². The first-order valence-corrected chi connectivity index (χ1v) is 13.5. The summed E-state index contributed by atoms with van der Waals surface area (Å²) in [7, 11) is 0. The molecule has 1 aliphatic heterocycles. The number of hydrogen-bond donors (Lipinski definition) is 3. The Morgan fingerprint density at radius 2 is 2.05 bits per heavy atom. The van der Waals surface area contributed by atoms with E-state index in [9.17, 15) is 0 Å². The van der Waals surface area contributed by atoms with Crippen LogP contribution in [0.15, 0.2) is 77.8 Å². The van der Waals surface area contributed by atoms with Crippen molar-refractivity contribution in [1.29, 1.82) is 0 Å². The van der Waals surface area contributed by atoms with Gasteiger partial charge in [-0.25, -0.2) is 4.98 Å². The lowest BCUT2D eigenvalue weighted by Gasteiger charge is -2.12. The lowest BCUT2D eigenvalue weighted by atomic mass is 10.1. The number of nitrogens with one attached hydrogen (secondary N) is 3. The molecule has 0 saturated heterocycles. The Morgan fingerprint density at radius 1 is 1.16 bits per heavy atom. The van der Waals surface area contributed by atoms with Gasteiger partial charge in [-0.05, 0) is 55.7 Å². The fourth-order valence-electron chi connectivity index (χ4n) is 4.76. The van der Waals surface area contributed by atoms with Crippen molar-refractivity contribution in [3.05, 3.63) is 83.4 Å². The van der Waals surface area contributed by atoms with E-state index in [0.29, 0.717) is 12.5 Å². The molecule has 0 amide bonds. The minimum absolute atomic E-state index is 0.530.